The van der Waals surface area contributed by atoms with Gasteiger partial charge in [0.15, 0.2) is 0 Å². The third kappa shape index (κ3) is 4.55. The van der Waals surface area contributed by atoms with Crippen LogP contribution in [0.2, 0.25) is 0 Å². The molecule has 2 aromatic carbocycles. The Morgan fingerprint density at radius 1 is 0.962 bits per heavy atom. The van der Waals surface area contributed by atoms with Crippen molar-refractivity contribution in [1.82, 2.24) is 10.6 Å². The van der Waals surface area contributed by atoms with Crippen LogP contribution >= 0.6 is 0 Å². The van der Waals surface area contributed by atoms with Crippen LogP contribution in [0, 0.1) is 0 Å². The van der Waals surface area contributed by atoms with Gasteiger partial charge >= 0.3 is 0 Å². The monoisotopic (exact) mass is 350 g/mol. The van der Waals surface area contributed by atoms with Gasteiger partial charge in [0.1, 0.15) is 0 Å². The lowest BCUT2D eigenvalue weighted by Gasteiger charge is -2.30. The van der Waals surface area contributed by atoms with Crippen molar-refractivity contribution in [2.24, 2.45) is 0 Å². The van der Waals surface area contributed by atoms with E-state index < -0.39 is 0 Å². The van der Waals surface area contributed by atoms with Crippen LogP contribution in [0.25, 0.3) is 0 Å². The van der Waals surface area contributed by atoms with Crippen LogP contribution in [0.15, 0.2) is 54.6 Å². The molecule has 1 fully saturated rings. The molecule has 0 aliphatic heterocycles. The first kappa shape index (κ1) is 19.1. The van der Waals surface area contributed by atoms with Crippen LogP contribution in [0.1, 0.15) is 64.2 Å². The SMILES string of the molecule is CC(C)NC(C)(C)c1cccc(CC(C)NC2(c3ccccc3)CC2)c1. The first-order chi connectivity index (χ1) is 12.3. The highest BCUT2D eigenvalue weighted by atomic mass is 15.0. The molecule has 2 nitrogen and oxygen atoms in total. The Balaban J connectivity index is 1.67. The van der Waals surface area contributed by atoms with Crippen LogP contribution < -0.4 is 10.6 Å². The highest BCUT2D eigenvalue weighted by Crippen LogP contribution is 2.45. The average molecular weight is 351 g/mol. The minimum atomic E-state index is -0.0113. The first-order valence-electron chi connectivity index (χ1n) is 10.0. The second kappa shape index (κ2) is 7.54. The van der Waals surface area contributed by atoms with E-state index >= 15 is 0 Å². The number of rotatable bonds is 8. The Hall–Kier alpha value is -1.64. The fraction of sp³-hybridized carbons (Fsp3) is 0.500. The highest BCUT2D eigenvalue weighted by Gasteiger charge is 2.44. The average Bonchev–Trinajstić information content (AvgIpc) is 3.35. The predicted octanol–water partition coefficient (Wildman–Crippen LogP) is 5.13. The summed E-state index contributed by atoms with van der Waals surface area (Å²) in [5, 5.41) is 7.58. The number of benzene rings is 2. The zero-order valence-corrected chi connectivity index (χ0v) is 17.0. The molecule has 0 bridgehead atoms. The highest BCUT2D eigenvalue weighted by molar-refractivity contribution is 5.32. The molecule has 0 radical (unpaired) electrons. The van der Waals surface area contributed by atoms with Crippen molar-refractivity contribution in [1.29, 1.82) is 0 Å². The Bertz CT molecular complexity index is 714. The molecule has 26 heavy (non-hydrogen) atoms. The van der Waals surface area contributed by atoms with Crippen LogP contribution in [0.5, 0.6) is 0 Å². The topological polar surface area (TPSA) is 24.1 Å². The summed E-state index contributed by atoms with van der Waals surface area (Å²) in [5.74, 6) is 0. The molecule has 2 N–H and O–H groups in total. The Kier molecular flexibility index (Phi) is 5.55. The van der Waals surface area contributed by atoms with E-state index in [4.69, 9.17) is 0 Å². The second-order valence-corrected chi connectivity index (χ2v) is 8.82. The number of hydrogen-bond acceptors (Lipinski definition) is 2. The van der Waals surface area contributed by atoms with Crippen molar-refractivity contribution < 1.29 is 0 Å². The lowest BCUT2D eigenvalue weighted by molar-refractivity contribution is 0.365. The van der Waals surface area contributed by atoms with Gasteiger partial charge in [0.25, 0.3) is 0 Å². The van der Waals surface area contributed by atoms with Gasteiger partial charge < -0.3 is 10.6 Å². The molecule has 0 heterocycles. The summed E-state index contributed by atoms with van der Waals surface area (Å²) >= 11 is 0. The largest absolute Gasteiger partial charge is 0.306 e. The molecular weight excluding hydrogens is 316 g/mol. The maximum atomic E-state index is 3.91. The summed E-state index contributed by atoms with van der Waals surface area (Å²) in [6.45, 7) is 11.3. The summed E-state index contributed by atoms with van der Waals surface area (Å²) in [6.07, 6.45) is 3.54. The summed E-state index contributed by atoms with van der Waals surface area (Å²) in [5.41, 5.74) is 4.40. The molecule has 1 saturated carbocycles. The lowest BCUT2D eigenvalue weighted by atomic mass is 9.91. The summed E-state index contributed by atoms with van der Waals surface area (Å²) in [7, 11) is 0. The van der Waals surface area contributed by atoms with E-state index in [1.807, 2.05) is 0 Å². The standard InChI is InChI=1S/C24H34N2/c1-18(2)25-23(4,5)22-13-9-10-20(17-22)16-19(3)26-24(14-15-24)21-11-7-6-8-12-21/h6-13,17-19,25-26H,14-16H2,1-5H3. The molecule has 140 valence electrons. The Morgan fingerprint density at radius 3 is 2.27 bits per heavy atom. The van der Waals surface area contributed by atoms with E-state index in [9.17, 15) is 0 Å². The van der Waals surface area contributed by atoms with Crippen LogP contribution in [-0.4, -0.2) is 12.1 Å². The van der Waals surface area contributed by atoms with Gasteiger partial charge in [-0.3, -0.25) is 0 Å². The van der Waals surface area contributed by atoms with Crippen molar-refractivity contribution in [3.05, 3.63) is 71.3 Å². The molecule has 3 rings (SSSR count). The summed E-state index contributed by atoms with van der Waals surface area (Å²) in [6, 6.07) is 20.9. The van der Waals surface area contributed by atoms with Crippen LogP contribution in [0.3, 0.4) is 0 Å². The predicted molar refractivity (Wildman–Crippen MR) is 111 cm³/mol. The van der Waals surface area contributed by atoms with E-state index in [0.717, 1.165) is 6.42 Å². The van der Waals surface area contributed by atoms with Gasteiger partial charge in [0.2, 0.25) is 0 Å². The smallest absolute Gasteiger partial charge is 0.0438 e. The molecule has 1 aliphatic carbocycles. The minimum Gasteiger partial charge on any atom is -0.306 e. The van der Waals surface area contributed by atoms with Gasteiger partial charge in [-0.1, -0.05) is 68.4 Å². The fourth-order valence-corrected chi connectivity index (χ4v) is 4.17. The van der Waals surface area contributed by atoms with E-state index in [1.165, 1.54) is 29.5 Å². The maximum Gasteiger partial charge on any atom is 0.0438 e. The molecule has 1 atom stereocenters. The number of nitrogens with one attached hydrogen (secondary N) is 2. The van der Waals surface area contributed by atoms with E-state index in [0.29, 0.717) is 12.1 Å². The first-order valence-corrected chi connectivity index (χ1v) is 10.0. The molecule has 2 aromatic rings. The molecule has 0 aromatic heterocycles. The van der Waals surface area contributed by atoms with Crippen molar-refractivity contribution in [2.75, 3.05) is 0 Å². The van der Waals surface area contributed by atoms with Gasteiger partial charge in [-0.05, 0) is 56.7 Å². The second-order valence-electron chi connectivity index (χ2n) is 8.82. The molecule has 0 saturated heterocycles. The van der Waals surface area contributed by atoms with Crippen molar-refractivity contribution in [2.45, 2.75) is 77.0 Å². The molecular formula is C24H34N2. The molecule has 2 heteroatoms. The van der Waals surface area contributed by atoms with Crippen molar-refractivity contribution in [3.63, 3.8) is 0 Å². The Labute approximate surface area is 159 Å². The van der Waals surface area contributed by atoms with Crippen LogP contribution in [0.4, 0.5) is 0 Å². The lowest BCUT2D eigenvalue weighted by Crippen LogP contribution is -2.41. The third-order valence-electron chi connectivity index (χ3n) is 5.44. The van der Waals surface area contributed by atoms with E-state index in [2.05, 4.69) is 99.8 Å². The Morgan fingerprint density at radius 2 is 1.65 bits per heavy atom. The van der Waals surface area contributed by atoms with Gasteiger partial charge in [-0.25, -0.2) is 0 Å². The van der Waals surface area contributed by atoms with E-state index in [1.54, 1.807) is 0 Å². The normalized spacial score (nSPS) is 17.3. The third-order valence-corrected chi connectivity index (χ3v) is 5.44. The maximum absolute atomic E-state index is 3.91. The zero-order chi connectivity index (χ0) is 18.8. The van der Waals surface area contributed by atoms with Gasteiger partial charge in [-0.15, -0.1) is 0 Å². The molecule has 0 amide bonds. The summed E-state index contributed by atoms with van der Waals surface area (Å²) < 4.78 is 0. The minimum absolute atomic E-state index is 0.0113. The number of hydrogen-bond donors (Lipinski definition) is 2. The van der Waals surface area contributed by atoms with Crippen molar-refractivity contribution in [3.8, 4) is 0 Å². The zero-order valence-electron chi connectivity index (χ0n) is 17.0. The van der Waals surface area contributed by atoms with Gasteiger partial charge in [-0.2, -0.15) is 0 Å². The molecule has 1 aliphatic rings. The molecule has 0 spiro atoms. The van der Waals surface area contributed by atoms with Gasteiger partial charge in [0, 0.05) is 23.2 Å². The van der Waals surface area contributed by atoms with Crippen molar-refractivity contribution >= 4 is 0 Å². The summed E-state index contributed by atoms with van der Waals surface area (Å²) in [4.78, 5) is 0. The van der Waals surface area contributed by atoms with E-state index in [-0.39, 0.29) is 11.1 Å². The van der Waals surface area contributed by atoms with Gasteiger partial charge in [0.05, 0.1) is 0 Å². The quantitative estimate of drug-likeness (QED) is 0.690. The van der Waals surface area contributed by atoms with Crippen LogP contribution in [-0.2, 0) is 17.5 Å². The molecule has 1 unspecified atom stereocenters. The fourth-order valence-electron chi connectivity index (χ4n) is 4.17.